The normalized spacial score (nSPS) is 11.1. The molecule has 0 aromatic rings. The van der Waals surface area contributed by atoms with Crippen molar-refractivity contribution in [1.29, 1.82) is 0 Å². The van der Waals surface area contributed by atoms with Gasteiger partial charge in [0.1, 0.15) is 6.61 Å². The fourth-order valence-corrected chi connectivity index (χ4v) is 0.307. The summed E-state index contributed by atoms with van der Waals surface area (Å²) in [5, 5.41) is 7.89. The van der Waals surface area contributed by atoms with Crippen molar-refractivity contribution in [2.75, 3.05) is 6.61 Å². The minimum absolute atomic E-state index is 0.385. The van der Waals surface area contributed by atoms with E-state index in [4.69, 9.17) is 39.9 Å². The fraction of sp³-hybridized carbons (Fsp3) is 0.667. The number of carbonyl (C=O) groups is 1. The monoisotopic (exact) mass is 206 g/mol. The molecule has 0 aliphatic heterocycles. The molecule has 0 atom stereocenters. The third kappa shape index (κ3) is 8.10. The van der Waals surface area contributed by atoms with E-state index in [1.807, 2.05) is 0 Å². The van der Waals surface area contributed by atoms with Gasteiger partial charge in [0.25, 0.3) is 0 Å². The molecule has 7 heteroatoms. The largest absolute Gasteiger partial charge is 0.462 e. The summed E-state index contributed by atoms with van der Waals surface area (Å²) in [7, 11) is 0. The zero-order valence-corrected chi connectivity index (χ0v) is 6.82. The molecule has 59 valence electrons. The molecule has 1 radical (unpaired) electrons. The number of carboxylic acid groups (broad SMARTS) is 1. The third-order valence-electron chi connectivity index (χ3n) is 0.371. The van der Waals surface area contributed by atoms with Crippen molar-refractivity contribution in [2.24, 2.45) is 0 Å². The van der Waals surface area contributed by atoms with Gasteiger partial charge >= 0.3 is 6.09 Å². The van der Waals surface area contributed by atoms with E-state index >= 15 is 0 Å². The van der Waals surface area contributed by atoms with Crippen LogP contribution in [-0.4, -0.2) is 21.6 Å². The van der Waals surface area contributed by atoms with Gasteiger partial charge in [-0.05, 0) is 0 Å². The molecule has 0 fully saturated rings. The van der Waals surface area contributed by atoms with Gasteiger partial charge in [0.2, 0.25) is 3.79 Å². The highest BCUT2D eigenvalue weighted by Gasteiger charge is 2.20. The Morgan fingerprint density at radius 2 is 2.10 bits per heavy atom. The average molecular weight is 207 g/mol. The van der Waals surface area contributed by atoms with E-state index < -0.39 is 9.89 Å². The van der Waals surface area contributed by atoms with Crippen molar-refractivity contribution in [3.63, 3.8) is 0 Å². The molecule has 0 aliphatic carbocycles. The van der Waals surface area contributed by atoms with E-state index in [1.54, 1.807) is 0 Å². The Morgan fingerprint density at radius 3 is 2.40 bits per heavy atom. The topological polar surface area (TPSA) is 60.6 Å². The Labute approximate surface area is 72.0 Å². The summed E-state index contributed by atoms with van der Waals surface area (Å²) in [5.41, 5.74) is 2.57. The number of rotatable bonds is 2. The molecule has 1 N–H and O–H groups in total. The van der Waals surface area contributed by atoms with Crippen molar-refractivity contribution >= 4 is 40.9 Å². The number of hydrogen-bond acceptors (Lipinski definition) is 2. The number of amides is 1. The Kier molecular flexibility index (Phi) is 4.12. The summed E-state index contributed by atoms with van der Waals surface area (Å²) in [6.07, 6.45) is -1.46. The van der Waals surface area contributed by atoms with Gasteiger partial charge < -0.3 is 5.11 Å². The van der Waals surface area contributed by atoms with Crippen molar-refractivity contribution in [1.82, 2.24) is 5.48 Å². The van der Waals surface area contributed by atoms with Gasteiger partial charge in [-0.25, -0.2) is 9.63 Å². The smallest absolute Gasteiger partial charge is 0.454 e. The number of alkyl halides is 3. The molecular weight excluding hydrogens is 204 g/mol. The molecule has 0 unspecified atom stereocenters. The van der Waals surface area contributed by atoms with Crippen LogP contribution in [0.4, 0.5) is 4.79 Å². The maximum absolute atomic E-state index is 9.66. The van der Waals surface area contributed by atoms with Crippen molar-refractivity contribution < 1.29 is 14.7 Å². The van der Waals surface area contributed by atoms with Gasteiger partial charge in [-0.1, -0.05) is 40.3 Å². The molecule has 0 bridgehead atoms. The fourth-order valence-electron chi connectivity index (χ4n) is 0.161. The van der Waals surface area contributed by atoms with Crippen molar-refractivity contribution in [3.05, 3.63) is 0 Å². The first kappa shape index (κ1) is 10.1. The number of hydroxylamine groups is 1. The SMILES string of the molecule is O=C(O)[N]OCC(Cl)(Cl)Cl. The van der Waals surface area contributed by atoms with Crippen LogP contribution < -0.4 is 5.48 Å². The second-order valence-electron chi connectivity index (χ2n) is 1.26. The van der Waals surface area contributed by atoms with Crippen LogP contribution in [0.1, 0.15) is 0 Å². The van der Waals surface area contributed by atoms with Gasteiger partial charge in [-0.2, -0.15) is 0 Å². The first-order valence-corrected chi connectivity index (χ1v) is 3.18. The van der Waals surface area contributed by atoms with Crippen LogP contribution >= 0.6 is 34.8 Å². The quantitative estimate of drug-likeness (QED) is 0.552. The zero-order chi connectivity index (χ0) is 8.20. The van der Waals surface area contributed by atoms with Gasteiger partial charge in [-0.3, -0.25) is 0 Å². The number of nitrogens with zero attached hydrogens (tertiary/aromatic N) is 1. The van der Waals surface area contributed by atoms with Crippen LogP contribution in [0, 0.1) is 0 Å². The third-order valence-corrected chi connectivity index (χ3v) is 0.698. The summed E-state index contributed by atoms with van der Waals surface area (Å²) >= 11 is 15.5. The Bertz CT molecular complexity index is 123. The highest BCUT2D eigenvalue weighted by atomic mass is 35.6. The molecule has 0 rings (SSSR count). The summed E-state index contributed by atoms with van der Waals surface area (Å²) in [4.78, 5) is 13.8. The van der Waals surface area contributed by atoms with E-state index in [0.717, 1.165) is 0 Å². The van der Waals surface area contributed by atoms with E-state index in [2.05, 4.69) is 10.3 Å². The Balaban J connectivity index is 3.29. The molecule has 0 aliphatic rings. The van der Waals surface area contributed by atoms with Crippen LogP contribution in [0.5, 0.6) is 0 Å². The molecule has 10 heavy (non-hydrogen) atoms. The second-order valence-corrected chi connectivity index (χ2v) is 3.78. The molecule has 4 nitrogen and oxygen atoms in total. The highest BCUT2D eigenvalue weighted by Crippen LogP contribution is 2.25. The highest BCUT2D eigenvalue weighted by molar-refractivity contribution is 6.67. The van der Waals surface area contributed by atoms with E-state index in [1.165, 1.54) is 0 Å². The minimum Gasteiger partial charge on any atom is -0.462 e. The predicted octanol–water partition coefficient (Wildman–Crippen LogP) is 1.57. The number of hydrogen-bond donors (Lipinski definition) is 1. The second kappa shape index (κ2) is 4.08. The maximum atomic E-state index is 9.66. The van der Waals surface area contributed by atoms with Gasteiger partial charge in [-0.15, -0.1) is 0 Å². The summed E-state index contributed by atoms with van der Waals surface area (Å²) in [5.74, 6) is 0. The standard InChI is InChI=1S/C3H3Cl3NO3/c4-3(5,6)1-10-7-2(8)9/h1H2,(H,8,9). The lowest BCUT2D eigenvalue weighted by Gasteiger charge is -2.07. The zero-order valence-electron chi connectivity index (χ0n) is 4.55. The van der Waals surface area contributed by atoms with E-state index in [0.29, 0.717) is 0 Å². The molecule has 0 aromatic carbocycles. The maximum Gasteiger partial charge on any atom is 0.454 e. The minimum atomic E-state index is -1.63. The van der Waals surface area contributed by atoms with Gasteiger partial charge in [0, 0.05) is 0 Å². The van der Waals surface area contributed by atoms with Crippen LogP contribution in [0.15, 0.2) is 0 Å². The van der Waals surface area contributed by atoms with Crippen LogP contribution in [0.3, 0.4) is 0 Å². The summed E-state index contributed by atoms with van der Waals surface area (Å²) < 4.78 is -1.63. The molecular formula is C3H3Cl3NO3. The Hall–Kier alpha value is 0.1000. The summed E-state index contributed by atoms with van der Waals surface area (Å²) in [6, 6.07) is 0. The molecule has 0 saturated heterocycles. The lowest BCUT2D eigenvalue weighted by molar-refractivity contribution is 0.0385. The van der Waals surface area contributed by atoms with Crippen molar-refractivity contribution in [2.45, 2.75) is 3.79 Å². The van der Waals surface area contributed by atoms with Gasteiger partial charge in [0.05, 0.1) is 0 Å². The molecule has 1 amide bonds. The van der Waals surface area contributed by atoms with Gasteiger partial charge in [0.15, 0.2) is 0 Å². The summed E-state index contributed by atoms with van der Waals surface area (Å²) in [6.45, 7) is -0.385. The van der Waals surface area contributed by atoms with Crippen molar-refractivity contribution in [3.8, 4) is 0 Å². The van der Waals surface area contributed by atoms with Crippen LogP contribution in [-0.2, 0) is 4.84 Å². The average Bonchev–Trinajstić information content (AvgIpc) is 1.59. The first-order chi connectivity index (χ1) is 4.42. The molecule has 0 spiro atoms. The predicted molar refractivity (Wildman–Crippen MR) is 36.4 cm³/mol. The van der Waals surface area contributed by atoms with Crippen LogP contribution in [0.25, 0.3) is 0 Å². The van der Waals surface area contributed by atoms with E-state index in [-0.39, 0.29) is 6.61 Å². The first-order valence-electron chi connectivity index (χ1n) is 2.04. The lowest BCUT2D eigenvalue weighted by Crippen LogP contribution is -2.21. The van der Waals surface area contributed by atoms with E-state index in [9.17, 15) is 4.79 Å². The van der Waals surface area contributed by atoms with Crippen LogP contribution in [0.2, 0.25) is 0 Å². The molecule has 0 aromatic heterocycles. The number of halogens is 3. The molecule has 0 heterocycles. The lowest BCUT2D eigenvalue weighted by atomic mass is 10.8. The molecule has 0 saturated carbocycles. The Morgan fingerprint density at radius 1 is 1.60 bits per heavy atom.